The molecule has 0 N–H and O–H groups in total. The van der Waals surface area contributed by atoms with Crippen molar-refractivity contribution < 1.29 is 13.2 Å². The van der Waals surface area contributed by atoms with E-state index < -0.39 is 10.0 Å². The van der Waals surface area contributed by atoms with E-state index in [4.69, 9.17) is 0 Å². The van der Waals surface area contributed by atoms with Gasteiger partial charge < -0.3 is 4.90 Å². The fourth-order valence-electron chi connectivity index (χ4n) is 4.07. The smallest absolute Gasteiger partial charge is 0.243 e. The summed E-state index contributed by atoms with van der Waals surface area (Å²) in [5, 5.41) is 0. The molecule has 0 aliphatic carbocycles. The molecule has 2 saturated heterocycles. The SMILES string of the molecule is Cc1ccc(S(=O)(=O)N2CCN(C(=O)C(C)N3CCN(C(C)C)CC3)CC2)cc1. The van der Waals surface area contributed by atoms with Crippen molar-refractivity contribution in [2.75, 3.05) is 52.4 Å². The molecule has 0 radical (unpaired) electrons. The van der Waals surface area contributed by atoms with Crippen LogP contribution in [0.2, 0.25) is 0 Å². The van der Waals surface area contributed by atoms with Crippen molar-refractivity contribution in [1.82, 2.24) is 19.0 Å². The molecule has 1 aromatic carbocycles. The van der Waals surface area contributed by atoms with E-state index in [1.54, 1.807) is 12.1 Å². The minimum atomic E-state index is -3.50. The van der Waals surface area contributed by atoms with E-state index in [2.05, 4.69) is 23.6 Å². The number of sulfonamides is 1. The van der Waals surface area contributed by atoms with Gasteiger partial charge in [-0.05, 0) is 39.8 Å². The molecule has 2 heterocycles. The molecule has 2 aliphatic heterocycles. The summed E-state index contributed by atoms with van der Waals surface area (Å²) in [5.41, 5.74) is 1.03. The maximum atomic E-state index is 13.0. The highest BCUT2D eigenvalue weighted by Gasteiger charge is 2.34. The molecule has 29 heavy (non-hydrogen) atoms. The third kappa shape index (κ3) is 4.99. The Hall–Kier alpha value is -1.48. The summed E-state index contributed by atoms with van der Waals surface area (Å²) in [6, 6.07) is 7.30. The first kappa shape index (κ1) is 22.2. The van der Waals surface area contributed by atoms with E-state index in [0.717, 1.165) is 31.7 Å². The fourth-order valence-corrected chi connectivity index (χ4v) is 5.49. The summed E-state index contributed by atoms with van der Waals surface area (Å²) in [5.74, 6) is 0.107. The van der Waals surface area contributed by atoms with Gasteiger partial charge in [0.15, 0.2) is 0 Å². The second-order valence-corrected chi connectivity index (χ2v) is 10.3. The van der Waals surface area contributed by atoms with Gasteiger partial charge >= 0.3 is 0 Å². The summed E-state index contributed by atoms with van der Waals surface area (Å²) in [7, 11) is -3.50. The Morgan fingerprint density at radius 3 is 1.86 bits per heavy atom. The Morgan fingerprint density at radius 2 is 1.34 bits per heavy atom. The molecular weight excluding hydrogens is 388 g/mol. The lowest BCUT2D eigenvalue weighted by Gasteiger charge is -2.41. The van der Waals surface area contributed by atoms with Gasteiger partial charge in [0.1, 0.15) is 0 Å². The first-order valence-electron chi connectivity index (χ1n) is 10.5. The zero-order chi connectivity index (χ0) is 21.2. The van der Waals surface area contributed by atoms with E-state index in [1.807, 2.05) is 30.9 Å². The van der Waals surface area contributed by atoms with Crippen molar-refractivity contribution in [3.63, 3.8) is 0 Å². The summed E-state index contributed by atoms with van der Waals surface area (Å²) < 4.78 is 27.2. The van der Waals surface area contributed by atoms with Crippen LogP contribution in [0, 0.1) is 6.92 Å². The zero-order valence-electron chi connectivity index (χ0n) is 18.0. The summed E-state index contributed by atoms with van der Waals surface area (Å²) in [6.07, 6.45) is 0. The van der Waals surface area contributed by atoms with Crippen LogP contribution in [0.25, 0.3) is 0 Å². The minimum absolute atomic E-state index is 0.107. The van der Waals surface area contributed by atoms with Gasteiger partial charge in [0.25, 0.3) is 0 Å². The van der Waals surface area contributed by atoms with Crippen molar-refractivity contribution in [3.8, 4) is 0 Å². The number of nitrogens with zero attached hydrogens (tertiary/aromatic N) is 4. The molecule has 7 nitrogen and oxygen atoms in total. The number of amides is 1. The maximum Gasteiger partial charge on any atom is 0.243 e. The van der Waals surface area contributed by atoms with Crippen LogP contribution in [0.3, 0.4) is 0 Å². The van der Waals surface area contributed by atoms with Crippen molar-refractivity contribution in [1.29, 1.82) is 0 Å². The Labute approximate surface area is 175 Å². The monoisotopic (exact) mass is 422 g/mol. The second kappa shape index (κ2) is 9.12. The number of hydrogen-bond donors (Lipinski definition) is 0. The van der Waals surface area contributed by atoms with Gasteiger partial charge in [0.2, 0.25) is 15.9 Å². The van der Waals surface area contributed by atoms with Crippen LogP contribution in [-0.2, 0) is 14.8 Å². The Morgan fingerprint density at radius 1 is 0.828 bits per heavy atom. The molecule has 1 atom stereocenters. The predicted molar refractivity (Wildman–Crippen MR) is 114 cm³/mol. The maximum absolute atomic E-state index is 13.0. The quantitative estimate of drug-likeness (QED) is 0.715. The number of piperazine rings is 2. The fraction of sp³-hybridized carbons (Fsp3) is 0.667. The van der Waals surface area contributed by atoms with E-state index in [9.17, 15) is 13.2 Å². The summed E-state index contributed by atoms with van der Waals surface area (Å²) in [4.78, 5) is 19.8. The molecule has 0 spiro atoms. The van der Waals surface area contributed by atoms with Crippen molar-refractivity contribution in [3.05, 3.63) is 29.8 Å². The lowest BCUT2D eigenvalue weighted by atomic mass is 10.1. The number of rotatable bonds is 5. The third-order valence-corrected chi connectivity index (χ3v) is 8.11. The number of benzene rings is 1. The summed E-state index contributed by atoms with van der Waals surface area (Å²) >= 11 is 0. The van der Waals surface area contributed by atoms with Crippen LogP contribution in [0.4, 0.5) is 0 Å². The molecule has 3 rings (SSSR count). The Balaban J connectivity index is 1.55. The van der Waals surface area contributed by atoms with Gasteiger partial charge in [0, 0.05) is 58.4 Å². The summed E-state index contributed by atoms with van der Waals surface area (Å²) in [6.45, 7) is 13.7. The molecule has 1 unspecified atom stereocenters. The van der Waals surface area contributed by atoms with E-state index in [-0.39, 0.29) is 11.9 Å². The number of carbonyl (C=O) groups is 1. The van der Waals surface area contributed by atoms with Crippen molar-refractivity contribution in [2.24, 2.45) is 0 Å². The highest BCUT2D eigenvalue weighted by atomic mass is 32.2. The standard InChI is InChI=1S/C21H34N4O3S/c1-17(2)22-9-11-23(12-10-22)19(4)21(26)24-13-15-25(16-14-24)29(27,28)20-7-5-18(3)6-8-20/h5-8,17,19H,9-16H2,1-4H3. The van der Waals surface area contributed by atoms with Crippen LogP contribution in [0.5, 0.6) is 0 Å². The van der Waals surface area contributed by atoms with Gasteiger partial charge in [-0.2, -0.15) is 4.31 Å². The number of carbonyl (C=O) groups excluding carboxylic acids is 1. The van der Waals surface area contributed by atoms with Gasteiger partial charge in [-0.1, -0.05) is 17.7 Å². The largest absolute Gasteiger partial charge is 0.339 e. The first-order valence-corrected chi connectivity index (χ1v) is 12.0. The average molecular weight is 423 g/mol. The molecule has 0 aromatic heterocycles. The van der Waals surface area contributed by atoms with Crippen molar-refractivity contribution in [2.45, 2.75) is 44.7 Å². The molecule has 1 amide bonds. The first-order chi connectivity index (χ1) is 13.7. The normalized spacial score (nSPS) is 21.5. The molecule has 1 aromatic rings. The average Bonchev–Trinajstić information content (AvgIpc) is 2.73. The van der Waals surface area contributed by atoms with Crippen molar-refractivity contribution >= 4 is 15.9 Å². The third-order valence-electron chi connectivity index (χ3n) is 6.19. The molecule has 162 valence electrons. The van der Waals surface area contributed by atoms with E-state index in [0.29, 0.717) is 37.1 Å². The van der Waals surface area contributed by atoms with Gasteiger partial charge in [0.05, 0.1) is 10.9 Å². The zero-order valence-corrected chi connectivity index (χ0v) is 18.9. The molecule has 0 saturated carbocycles. The van der Waals surface area contributed by atoms with Crippen LogP contribution >= 0.6 is 0 Å². The second-order valence-electron chi connectivity index (χ2n) is 8.38. The lowest BCUT2D eigenvalue weighted by molar-refractivity contribution is -0.138. The Kier molecular flexibility index (Phi) is 6.98. The highest BCUT2D eigenvalue weighted by molar-refractivity contribution is 7.89. The molecule has 0 bridgehead atoms. The van der Waals surface area contributed by atoms with Crippen LogP contribution in [-0.4, -0.2) is 97.8 Å². The molecule has 8 heteroatoms. The van der Waals surface area contributed by atoms with E-state index in [1.165, 1.54) is 4.31 Å². The topological polar surface area (TPSA) is 64.2 Å². The van der Waals surface area contributed by atoms with E-state index >= 15 is 0 Å². The van der Waals surface area contributed by atoms with Crippen LogP contribution < -0.4 is 0 Å². The minimum Gasteiger partial charge on any atom is -0.339 e. The highest BCUT2D eigenvalue weighted by Crippen LogP contribution is 2.19. The Bertz CT molecular complexity index is 794. The molecule has 2 aliphatic rings. The van der Waals surface area contributed by atoms with Gasteiger partial charge in [-0.15, -0.1) is 0 Å². The predicted octanol–water partition coefficient (Wildman–Crippen LogP) is 1.24. The molecule has 2 fully saturated rings. The van der Waals surface area contributed by atoms with Crippen LogP contribution in [0.15, 0.2) is 29.2 Å². The number of aryl methyl sites for hydroxylation is 1. The number of hydrogen-bond acceptors (Lipinski definition) is 5. The molecular formula is C21H34N4O3S. The van der Waals surface area contributed by atoms with Gasteiger partial charge in [-0.3, -0.25) is 14.6 Å². The van der Waals surface area contributed by atoms with Gasteiger partial charge in [-0.25, -0.2) is 8.42 Å². The van der Waals surface area contributed by atoms with Crippen LogP contribution in [0.1, 0.15) is 26.3 Å². The lowest BCUT2D eigenvalue weighted by Crippen LogP contribution is -2.58.